The molecule has 2 heterocycles. The summed E-state index contributed by atoms with van der Waals surface area (Å²) >= 11 is 0. The summed E-state index contributed by atoms with van der Waals surface area (Å²) in [6, 6.07) is 11.9. The zero-order chi connectivity index (χ0) is 21.1. The number of nitrogens with one attached hydrogen (secondary N) is 1. The lowest BCUT2D eigenvalue weighted by atomic mass is 9.96. The number of hydrogen-bond donors (Lipinski definition) is 1. The van der Waals surface area contributed by atoms with E-state index in [4.69, 9.17) is 14.5 Å². The van der Waals surface area contributed by atoms with Crippen molar-refractivity contribution in [1.29, 1.82) is 0 Å². The lowest BCUT2D eigenvalue weighted by Crippen LogP contribution is -2.37. The van der Waals surface area contributed by atoms with Crippen LogP contribution < -0.4 is 9.47 Å². The third-order valence-electron chi connectivity index (χ3n) is 5.67. The number of benzene rings is 2. The van der Waals surface area contributed by atoms with Gasteiger partial charge in [-0.25, -0.2) is 4.98 Å². The van der Waals surface area contributed by atoms with Crippen LogP contribution in [0, 0.1) is 6.92 Å². The second-order valence-corrected chi connectivity index (χ2v) is 7.69. The highest BCUT2D eigenvalue weighted by atomic mass is 16.5. The van der Waals surface area contributed by atoms with Crippen LogP contribution in [-0.2, 0) is 4.79 Å². The molecule has 4 rings (SSSR count). The number of aromatic nitrogens is 2. The molecule has 1 amide bonds. The number of carbonyl (C=O) groups is 1. The fraction of sp³-hybridized carbons (Fsp3) is 0.333. The van der Waals surface area contributed by atoms with Gasteiger partial charge >= 0.3 is 0 Å². The van der Waals surface area contributed by atoms with Crippen molar-refractivity contribution >= 4 is 23.0 Å². The molecular formula is C24H27N3O3. The van der Waals surface area contributed by atoms with Crippen molar-refractivity contribution in [2.45, 2.75) is 25.7 Å². The van der Waals surface area contributed by atoms with Gasteiger partial charge in [0, 0.05) is 25.1 Å². The molecule has 1 fully saturated rings. The van der Waals surface area contributed by atoms with E-state index in [1.165, 1.54) is 5.56 Å². The van der Waals surface area contributed by atoms with E-state index in [0.29, 0.717) is 17.4 Å². The molecule has 1 aliphatic rings. The highest BCUT2D eigenvalue weighted by Crippen LogP contribution is 2.29. The number of likely N-dealkylation sites (tertiary alicyclic amines) is 1. The number of methoxy groups -OCH3 is 2. The number of hydrogen-bond acceptors (Lipinski definition) is 4. The number of fused-ring (bicyclic) bond motifs is 1. The van der Waals surface area contributed by atoms with Crippen LogP contribution in [0.4, 0.5) is 0 Å². The largest absolute Gasteiger partial charge is 0.493 e. The molecule has 0 radical (unpaired) electrons. The van der Waals surface area contributed by atoms with Crippen LogP contribution in [0.5, 0.6) is 11.5 Å². The first kappa shape index (κ1) is 20.0. The fourth-order valence-electron chi connectivity index (χ4n) is 3.94. The van der Waals surface area contributed by atoms with Crippen molar-refractivity contribution in [3.63, 3.8) is 0 Å². The molecule has 156 valence electrons. The Balaban J connectivity index is 1.37. The minimum Gasteiger partial charge on any atom is -0.493 e. The molecule has 2 aromatic carbocycles. The van der Waals surface area contributed by atoms with Crippen molar-refractivity contribution in [1.82, 2.24) is 14.9 Å². The Morgan fingerprint density at radius 1 is 1.10 bits per heavy atom. The lowest BCUT2D eigenvalue weighted by molar-refractivity contribution is -0.127. The molecular weight excluding hydrogens is 378 g/mol. The standard InChI is InChI=1S/C24H27N3O3/c1-16-4-7-19-20(14-16)26-24(25-19)18-10-12-27(13-11-18)23(28)9-6-17-5-8-21(29-2)22(15-17)30-3/h4-9,14-15,18H,10-13H2,1-3H3,(H,25,26)/b9-6+. The van der Waals surface area contributed by atoms with Gasteiger partial charge in [0.1, 0.15) is 5.82 Å². The van der Waals surface area contributed by atoms with E-state index in [-0.39, 0.29) is 5.91 Å². The number of nitrogens with zero attached hydrogens (tertiary/aromatic N) is 2. The van der Waals surface area contributed by atoms with Gasteiger partial charge in [-0.05, 0) is 61.2 Å². The highest BCUT2D eigenvalue weighted by molar-refractivity contribution is 5.92. The van der Waals surface area contributed by atoms with Crippen LogP contribution in [0.15, 0.2) is 42.5 Å². The van der Waals surface area contributed by atoms with Crippen molar-refractivity contribution in [2.75, 3.05) is 27.3 Å². The Bertz CT molecular complexity index is 1080. The summed E-state index contributed by atoms with van der Waals surface area (Å²) in [5.74, 6) is 2.74. The maximum absolute atomic E-state index is 12.6. The number of piperidine rings is 1. The Morgan fingerprint density at radius 3 is 2.60 bits per heavy atom. The summed E-state index contributed by atoms with van der Waals surface area (Å²) in [7, 11) is 3.21. The number of imidazole rings is 1. The number of amides is 1. The maximum Gasteiger partial charge on any atom is 0.246 e. The van der Waals surface area contributed by atoms with Crippen molar-refractivity contribution in [3.8, 4) is 11.5 Å². The molecule has 30 heavy (non-hydrogen) atoms. The van der Waals surface area contributed by atoms with Gasteiger partial charge in [0.15, 0.2) is 11.5 Å². The van der Waals surface area contributed by atoms with Crippen LogP contribution in [0.3, 0.4) is 0 Å². The zero-order valence-corrected chi connectivity index (χ0v) is 17.6. The average molecular weight is 405 g/mol. The molecule has 0 aliphatic carbocycles. The first-order valence-electron chi connectivity index (χ1n) is 10.2. The average Bonchev–Trinajstić information content (AvgIpc) is 3.20. The molecule has 1 aliphatic heterocycles. The van der Waals surface area contributed by atoms with Crippen molar-refractivity contribution in [3.05, 3.63) is 59.4 Å². The van der Waals surface area contributed by atoms with Crippen molar-refractivity contribution < 1.29 is 14.3 Å². The van der Waals surface area contributed by atoms with Crippen LogP contribution in [0.2, 0.25) is 0 Å². The van der Waals surface area contributed by atoms with E-state index in [0.717, 1.165) is 48.4 Å². The van der Waals surface area contributed by atoms with Crippen molar-refractivity contribution in [2.24, 2.45) is 0 Å². The van der Waals surface area contributed by atoms with Gasteiger partial charge in [-0.15, -0.1) is 0 Å². The SMILES string of the molecule is COc1ccc(/C=C/C(=O)N2CCC(c3nc4ccc(C)cc4[nH]3)CC2)cc1OC. The summed E-state index contributed by atoms with van der Waals surface area (Å²) in [4.78, 5) is 22.8. The van der Waals surface area contributed by atoms with Crippen LogP contribution >= 0.6 is 0 Å². The van der Waals surface area contributed by atoms with E-state index < -0.39 is 0 Å². The molecule has 1 saturated heterocycles. The number of rotatable bonds is 5. The number of aromatic amines is 1. The van der Waals surface area contributed by atoms with Gasteiger partial charge in [0.05, 0.1) is 25.3 Å². The van der Waals surface area contributed by atoms with Crippen LogP contribution in [-0.4, -0.2) is 48.1 Å². The number of H-pyrrole nitrogens is 1. The Hall–Kier alpha value is -3.28. The zero-order valence-electron chi connectivity index (χ0n) is 17.6. The third kappa shape index (κ3) is 4.17. The number of aryl methyl sites for hydroxylation is 1. The summed E-state index contributed by atoms with van der Waals surface area (Å²) in [5, 5.41) is 0. The predicted molar refractivity (Wildman–Crippen MR) is 118 cm³/mol. The first-order valence-corrected chi connectivity index (χ1v) is 10.2. The summed E-state index contributed by atoms with van der Waals surface area (Å²) < 4.78 is 10.6. The maximum atomic E-state index is 12.6. The Morgan fingerprint density at radius 2 is 1.87 bits per heavy atom. The molecule has 0 saturated carbocycles. The predicted octanol–water partition coefficient (Wildman–Crippen LogP) is 4.31. The highest BCUT2D eigenvalue weighted by Gasteiger charge is 2.24. The van der Waals surface area contributed by atoms with E-state index in [2.05, 4.69) is 30.1 Å². The molecule has 6 heteroatoms. The molecule has 6 nitrogen and oxygen atoms in total. The summed E-state index contributed by atoms with van der Waals surface area (Å²) in [6.07, 6.45) is 5.27. The van der Waals surface area contributed by atoms with E-state index in [1.807, 2.05) is 29.2 Å². The molecule has 1 N–H and O–H groups in total. The molecule has 0 bridgehead atoms. The summed E-state index contributed by atoms with van der Waals surface area (Å²) in [6.45, 7) is 3.55. The van der Waals surface area contributed by atoms with Gasteiger partial charge < -0.3 is 19.4 Å². The quantitative estimate of drug-likeness (QED) is 0.643. The topological polar surface area (TPSA) is 67.5 Å². The minimum absolute atomic E-state index is 0.0310. The molecule has 1 aromatic heterocycles. The van der Waals surface area contributed by atoms with E-state index in [9.17, 15) is 4.79 Å². The molecule has 0 unspecified atom stereocenters. The van der Waals surface area contributed by atoms with Gasteiger partial charge in [0.2, 0.25) is 5.91 Å². The summed E-state index contributed by atoms with van der Waals surface area (Å²) in [5.41, 5.74) is 4.21. The van der Waals surface area contributed by atoms with Gasteiger partial charge in [-0.3, -0.25) is 4.79 Å². The molecule has 3 aromatic rings. The Kier molecular flexibility index (Phi) is 5.74. The monoisotopic (exact) mass is 405 g/mol. The Labute approximate surface area is 176 Å². The second-order valence-electron chi connectivity index (χ2n) is 7.69. The fourth-order valence-corrected chi connectivity index (χ4v) is 3.94. The lowest BCUT2D eigenvalue weighted by Gasteiger charge is -2.30. The second kappa shape index (κ2) is 8.61. The number of ether oxygens (including phenoxy) is 2. The smallest absolute Gasteiger partial charge is 0.246 e. The van der Waals surface area contributed by atoms with E-state index in [1.54, 1.807) is 20.3 Å². The molecule has 0 atom stereocenters. The molecule has 0 spiro atoms. The van der Waals surface area contributed by atoms with Gasteiger partial charge in [-0.2, -0.15) is 0 Å². The van der Waals surface area contributed by atoms with Gasteiger partial charge in [0.25, 0.3) is 0 Å². The first-order chi connectivity index (χ1) is 14.6. The van der Waals surface area contributed by atoms with Gasteiger partial charge in [-0.1, -0.05) is 12.1 Å². The number of carbonyl (C=O) groups excluding carboxylic acids is 1. The van der Waals surface area contributed by atoms with Crippen LogP contribution in [0.25, 0.3) is 17.1 Å². The minimum atomic E-state index is 0.0310. The van der Waals surface area contributed by atoms with Crippen LogP contribution in [0.1, 0.15) is 35.7 Å². The normalized spacial score (nSPS) is 15.1. The third-order valence-corrected chi connectivity index (χ3v) is 5.67. The van der Waals surface area contributed by atoms with E-state index >= 15 is 0 Å².